The van der Waals surface area contributed by atoms with E-state index in [1.54, 1.807) is 0 Å². The minimum absolute atomic E-state index is 0.168. The number of aliphatic carboxylic acids is 1. The van der Waals surface area contributed by atoms with Crippen molar-refractivity contribution in [1.29, 1.82) is 0 Å². The van der Waals surface area contributed by atoms with E-state index in [2.05, 4.69) is 14.0 Å². The molecule has 1 aliphatic rings. The molecule has 0 aromatic heterocycles. The van der Waals surface area contributed by atoms with Crippen LogP contribution < -0.4 is 5.11 Å². The Morgan fingerprint density at radius 1 is 1.39 bits per heavy atom. The fourth-order valence-electron chi connectivity index (χ4n) is 1.94. The van der Waals surface area contributed by atoms with Crippen LogP contribution in [-0.4, -0.2) is 62.4 Å². The third-order valence-corrected chi connectivity index (χ3v) is 3.75. The smallest absolute Gasteiger partial charge is 0.102 e. The molecule has 108 valence electrons. The molecule has 0 amide bonds. The van der Waals surface area contributed by atoms with Crippen LogP contribution in [0.1, 0.15) is 26.2 Å². The van der Waals surface area contributed by atoms with Crippen molar-refractivity contribution in [2.45, 2.75) is 26.2 Å². The number of nitrogens with zero attached hydrogens (tertiary/aromatic N) is 1. The van der Waals surface area contributed by atoms with Gasteiger partial charge in [-0.3, -0.25) is 0 Å². The highest BCUT2D eigenvalue weighted by Gasteiger charge is 2.25. The van der Waals surface area contributed by atoms with Crippen molar-refractivity contribution in [3.05, 3.63) is 0 Å². The maximum absolute atomic E-state index is 9.63. The molecule has 0 atom stereocenters. The molecule has 0 aromatic carbocycles. The molecule has 1 fully saturated rings. The summed E-state index contributed by atoms with van der Waals surface area (Å²) in [5.41, 5.74) is 0. The van der Waals surface area contributed by atoms with Gasteiger partial charge in [0.1, 0.15) is 6.54 Å². The SMILES string of the molecule is CCOCC[N+]1(C)CCCC1.CSCCC(=O)[O-]. The lowest BCUT2D eigenvalue weighted by atomic mass is 10.4. The molecule has 0 bridgehead atoms. The van der Waals surface area contributed by atoms with Gasteiger partial charge in [-0.15, -0.1) is 0 Å². The number of quaternary nitrogens is 1. The first-order valence-corrected chi connectivity index (χ1v) is 8.03. The van der Waals surface area contributed by atoms with Crippen LogP contribution in [0.3, 0.4) is 0 Å². The van der Waals surface area contributed by atoms with Crippen molar-refractivity contribution in [1.82, 2.24) is 0 Å². The molecule has 0 unspecified atom stereocenters. The number of hydrogen-bond acceptors (Lipinski definition) is 4. The molecule has 0 radical (unpaired) electrons. The molecule has 0 spiro atoms. The Balaban J connectivity index is 0.000000360. The Kier molecular flexibility index (Phi) is 10.5. The molecule has 0 saturated carbocycles. The summed E-state index contributed by atoms with van der Waals surface area (Å²) in [5.74, 6) is -0.308. The molecule has 18 heavy (non-hydrogen) atoms. The standard InChI is InChI=1S/C9H20NO.C4H8O2S/c1-3-11-9-8-10(2)6-4-5-7-10;1-7-3-2-4(5)6/h3-9H2,1-2H3;2-3H2,1H3,(H,5,6)/q+1;/p-1. The van der Waals surface area contributed by atoms with Gasteiger partial charge in [0.05, 0.1) is 26.7 Å². The topological polar surface area (TPSA) is 49.4 Å². The first-order chi connectivity index (χ1) is 8.54. The highest BCUT2D eigenvalue weighted by molar-refractivity contribution is 7.98. The normalized spacial score (nSPS) is 17.1. The Labute approximate surface area is 115 Å². The average molecular weight is 277 g/mol. The van der Waals surface area contributed by atoms with Crippen LogP contribution in [0.4, 0.5) is 0 Å². The predicted octanol–water partition coefficient (Wildman–Crippen LogP) is 0.753. The molecule has 1 aliphatic heterocycles. The van der Waals surface area contributed by atoms with Gasteiger partial charge < -0.3 is 19.1 Å². The quantitative estimate of drug-likeness (QED) is 0.509. The summed E-state index contributed by atoms with van der Waals surface area (Å²) in [4.78, 5) is 9.63. The molecule has 0 aromatic rings. The lowest BCUT2D eigenvalue weighted by Crippen LogP contribution is -2.43. The van der Waals surface area contributed by atoms with E-state index in [-0.39, 0.29) is 6.42 Å². The summed E-state index contributed by atoms with van der Waals surface area (Å²) in [7, 11) is 2.34. The molecule has 1 heterocycles. The van der Waals surface area contributed by atoms with E-state index >= 15 is 0 Å². The van der Waals surface area contributed by atoms with Gasteiger partial charge in [0.2, 0.25) is 0 Å². The summed E-state index contributed by atoms with van der Waals surface area (Å²) in [6.45, 7) is 7.77. The Hall–Kier alpha value is -0.260. The van der Waals surface area contributed by atoms with E-state index in [4.69, 9.17) is 4.74 Å². The van der Waals surface area contributed by atoms with Gasteiger partial charge in [-0.2, -0.15) is 11.8 Å². The van der Waals surface area contributed by atoms with Crippen LogP contribution in [-0.2, 0) is 9.53 Å². The van der Waals surface area contributed by atoms with Crippen LogP contribution in [0.15, 0.2) is 0 Å². The lowest BCUT2D eigenvalue weighted by molar-refractivity contribution is -0.898. The molecular formula is C13H27NO3S. The summed E-state index contributed by atoms with van der Waals surface area (Å²) >= 11 is 1.51. The van der Waals surface area contributed by atoms with Crippen LogP contribution in [0.5, 0.6) is 0 Å². The third kappa shape index (κ3) is 9.74. The van der Waals surface area contributed by atoms with Crippen LogP contribution in [0, 0.1) is 0 Å². The van der Waals surface area contributed by atoms with Gasteiger partial charge in [0.15, 0.2) is 0 Å². The van der Waals surface area contributed by atoms with Crippen molar-refractivity contribution in [2.75, 3.05) is 51.9 Å². The fourth-order valence-corrected chi connectivity index (χ4v) is 2.31. The maximum Gasteiger partial charge on any atom is 0.102 e. The number of carbonyl (C=O) groups excluding carboxylic acids is 1. The van der Waals surface area contributed by atoms with E-state index in [0.717, 1.165) is 13.2 Å². The number of thioether (sulfide) groups is 1. The first kappa shape index (κ1) is 17.7. The van der Waals surface area contributed by atoms with Crippen molar-refractivity contribution in [3.8, 4) is 0 Å². The van der Waals surface area contributed by atoms with Gasteiger partial charge in [-0.05, 0) is 25.4 Å². The highest BCUT2D eigenvalue weighted by atomic mass is 32.2. The molecule has 4 nitrogen and oxygen atoms in total. The summed E-state index contributed by atoms with van der Waals surface area (Å²) < 4.78 is 6.58. The number of likely N-dealkylation sites (N-methyl/N-ethyl adjacent to an activating group) is 1. The zero-order valence-corrected chi connectivity index (χ0v) is 12.8. The Bertz CT molecular complexity index is 218. The maximum atomic E-state index is 9.63. The molecule has 1 saturated heterocycles. The predicted molar refractivity (Wildman–Crippen MR) is 74.5 cm³/mol. The number of carboxylic acid groups (broad SMARTS) is 1. The van der Waals surface area contributed by atoms with Crippen molar-refractivity contribution >= 4 is 17.7 Å². The zero-order valence-electron chi connectivity index (χ0n) is 11.9. The average Bonchev–Trinajstić information content (AvgIpc) is 2.75. The lowest BCUT2D eigenvalue weighted by Gasteiger charge is -2.28. The zero-order chi connectivity index (χ0) is 13.9. The second-order valence-corrected chi connectivity index (χ2v) is 5.79. The second-order valence-electron chi connectivity index (χ2n) is 4.81. The summed E-state index contributed by atoms with van der Waals surface area (Å²) in [6, 6.07) is 0. The van der Waals surface area contributed by atoms with Gasteiger partial charge in [0, 0.05) is 25.4 Å². The number of ether oxygens (including phenoxy) is 1. The van der Waals surface area contributed by atoms with Gasteiger partial charge >= 0.3 is 0 Å². The molecular weight excluding hydrogens is 250 g/mol. The van der Waals surface area contributed by atoms with E-state index < -0.39 is 5.97 Å². The highest BCUT2D eigenvalue weighted by Crippen LogP contribution is 2.15. The third-order valence-electron chi connectivity index (χ3n) is 3.14. The van der Waals surface area contributed by atoms with Gasteiger partial charge in [-0.1, -0.05) is 0 Å². The molecule has 0 N–H and O–H groups in total. The van der Waals surface area contributed by atoms with Crippen LogP contribution in [0.25, 0.3) is 0 Å². The largest absolute Gasteiger partial charge is 0.550 e. The number of carboxylic acids is 1. The first-order valence-electron chi connectivity index (χ1n) is 6.64. The van der Waals surface area contributed by atoms with Gasteiger partial charge in [-0.25, -0.2) is 0 Å². The monoisotopic (exact) mass is 277 g/mol. The summed E-state index contributed by atoms with van der Waals surface area (Å²) in [5, 5.41) is 9.63. The van der Waals surface area contributed by atoms with Crippen molar-refractivity contribution in [3.63, 3.8) is 0 Å². The fraction of sp³-hybridized carbons (Fsp3) is 0.923. The molecule has 1 rings (SSSR count). The van der Waals surface area contributed by atoms with E-state index in [1.807, 2.05) is 6.26 Å². The van der Waals surface area contributed by atoms with Crippen molar-refractivity contribution < 1.29 is 19.1 Å². The van der Waals surface area contributed by atoms with Crippen LogP contribution >= 0.6 is 11.8 Å². The number of hydrogen-bond donors (Lipinski definition) is 0. The number of likely N-dealkylation sites (tertiary alicyclic amines) is 1. The van der Waals surface area contributed by atoms with E-state index in [1.165, 1.54) is 48.7 Å². The second kappa shape index (κ2) is 10.6. The van der Waals surface area contributed by atoms with Crippen LogP contribution in [0.2, 0.25) is 0 Å². The minimum atomic E-state index is -0.964. The molecule has 5 heteroatoms. The van der Waals surface area contributed by atoms with Crippen molar-refractivity contribution in [2.24, 2.45) is 0 Å². The van der Waals surface area contributed by atoms with E-state index in [9.17, 15) is 9.90 Å². The number of carbonyl (C=O) groups is 1. The Morgan fingerprint density at radius 3 is 2.39 bits per heavy atom. The minimum Gasteiger partial charge on any atom is -0.550 e. The van der Waals surface area contributed by atoms with Gasteiger partial charge in [0.25, 0.3) is 0 Å². The molecule has 0 aliphatic carbocycles. The summed E-state index contributed by atoms with van der Waals surface area (Å²) in [6.07, 6.45) is 4.84. The van der Waals surface area contributed by atoms with E-state index in [0.29, 0.717) is 5.75 Å². The number of rotatable bonds is 7. The Morgan fingerprint density at radius 2 is 2.00 bits per heavy atom.